The van der Waals surface area contributed by atoms with Gasteiger partial charge in [-0.2, -0.15) is 12.8 Å². The zero-order valence-electron chi connectivity index (χ0n) is 21.7. The lowest BCUT2D eigenvalue weighted by Crippen LogP contribution is -2.39. The normalized spacial score (nSPS) is 17.5. The molecule has 0 aliphatic carbocycles. The Kier molecular flexibility index (Phi) is 6.74. The van der Waals surface area contributed by atoms with Crippen LogP contribution >= 0.6 is 11.6 Å². The van der Waals surface area contributed by atoms with Gasteiger partial charge in [0.2, 0.25) is 0 Å². The summed E-state index contributed by atoms with van der Waals surface area (Å²) >= 11 is 6.32. The number of sulfonamides is 1. The van der Waals surface area contributed by atoms with Crippen molar-refractivity contribution in [2.75, 3.05) is 4.90 Å². The second-order valence-corrected chi connectivity index (χ2v) is 11.9. The van der Waals surface area contributed by atoms with Crippen LogP contribution in [0.25, 0.3) is 6.08 Å². The van der Waals surface area contributed by atoms with E-state index in [1.54, 1.807) is 48.5 Å². The van der Waals surface area contributed by atoms with Crippen molar-refractivity contribution >= 4 is 44.9 Å². The van der Waals surface area contributed by atoms with Gasteiger partial charge < -0.3 is 4.90 Å². The molecule has 4 aromatic carbocycles. The van der Waals surface area contributed by atoms with Crippen LogP contribution in [-0.2, 0) is 10.0 Å². The zero-order valence-corrected chi connectivity index (χ0v) is 23.2. The van der Waals surface area contributed by atoms with Gasteiger partial charge in [0.25, 0.3) is 10.0 Å². The first-order valence-electron chi connectivity index (χ1n) is 12.9. The van der Waals surface area contributed by atoms with E-state index in [-0.39, 0.29) is 34.4 Å². The van der Waals surface area contributed by atoms with E-state index in [0.717, 1.165) is 22.4 Å². The number of ketones is 1. The quantitative estimate of drug-likeness (QED) is 0.234. The number of Topliss-reactive ketones (excluding diaryl/α,β-unsaturated/α-hetero) is 1. The molecule has 0 aromatic heterocycles. The number of nitrogens with zero attached hydrogens (tertiary/aromatic N) is 2. The van der Waals surface area contributed by atoms with Crippen molar-refractivity contribution in [1.29, 1.82) is 0 Å². The van der Waals surface area contributed by atoms with E-state index in [1.807, 2.05) is 73.7 Å². The highest BCUT2D eigenvalue weighted by atomic mass is 35.5. The molecular formula is C33H25ClN2O3S. The van der Waals surface area contributed by atoms with Crippen molar-refractivity contribution < 1.29 is 13.2 Å². The van der Waals surface area contributed by atoms with Gasteiger partial charge in [-0.05, 0) is 54.5 Å². The summed E-state index contributed by atoms with van der Waals surface area (Å²) in [5.41, 5.74) is 5.27. The number of hydrogen-bond acceptors (Lipinski definition) is 4. The average molecular weight is 565 g/mol. The van der Waals surface area contributed by atoms with E-state index in [9.17, 15) is 13.2 Å². The summed E-state index contributed by atoms with van der Waals surface area (Å²) in [5.74, 6) is -0.285. The minimum Gasteiger partial charge on any atom is -0.332 e. The molecule has 0 bridgehead atoms. The van der Waals surface area contributed by atoms with Gasteiger partial charge in [0.1, 0.15) is 0 Å². The van der Waals surface area contributed by atoms with Gasteiger partial charge in [0, 0.05) is 22.7 Å². The van der Waals surface area contributed by atoms with Gasteiger partial charge in [-0.3, -0.25) is 4.79 Å². The molecule has 0 spiro atoms. The molecule has 4 aromatic rings. The molecule has 0 fully saturated rings. The topological polar surface area (TPSA) is 66.8 Å². The van der Waals surface area contributed by atoms with Crippen LogP contribution in [0.4, 0.5) is 5.69 Å². The Morgan fingerprint density at radius 3 is 2.25 bits per heavy atom. The van der Waals surface area contributed by atoms with Crippen molar-refractivity contribution in [2.24, 2.45) is 4.40 Å². The molecule has 0 N–H and O–H groups in total. The van der Waals surface area contributed by atoms with Crippen molar-refractivity contribution in [3.63, 3.8) is 0 Å². The molecule has 5 nitrogen and oxygen atoms in total. The van der Waals surface area contributed by atoms with Crippen LogP contribution in [0.3, 0.4) is 0 Å². The van der Waals surface area contributed by atoms with Crippen molar-refractivity contribution in [3.05, 3.63) is 148 Å². The van der Waals surface area contributed by atoms with E-state index in [1.165, 1.54) is 0 Å². The van der Waals surface area contributed by atoms with Crippen molar-refractivity contribution in [2.45, 2.75) is 24.3 Å². The lowest BCUT2D eigenvalue weighted by Gasteiger charge is -2.42. The third-order valence-electron chi connectivity index (χ3n) is 7.17. The van der Waals surface area contributed by atoms with Gasteiger partial charge in [0.05, 0.1) is 27.9 Å². The fraction of sp³-hybridized carbons (Fsp3) is 0.0909. The van der Waals surface area contributed by atoms with Crippen LogP contribution < -0.4 is 4.90 Å². The maximum atomic E-state index is 14.1. The predicted octanol–water partition coefficient (Wildman–Crippen LogP) is 7.59. The largest absolute Gasteiger partial charge is 0.332 e. The summed E-state index contributed by atoms with van der Waals surface area (Å²) in [6.45, 7) is 1.89. The number of rotatable bonds is 5. The summed E-state index contributed by atoms with van der Waals surface area (Å²) < 4.78 is 31.5. The summed E-state index contributed by atoms with van der Waals surface area (Å²) in [7, 11) is -4.09. The summed E-state index contributed by atoms with van der Waals surface area (Å²) in [4.78, 5) is 16.3. The third-order valence-corrected chi connectivity index (χ3v) is 8.73. The fourth-order valence-electron chi connectivity index (χ4n) is 5.24. The molecule has 198 valence electrons. The number of hydrogen-bond donors (Lipinski definition) is 0. The van der Waals surface area contributed by atoms with E-state index >= 15 is 0 Å². The second kappa shape index (κ2) is 10.4. The van der Waals surface area contributed by atoms with Crippen LogP contribution in [0.15, 0.2) is 130 Å². The zero-order chi connectivity index (χ0) is 27.9. The number of halogens is 1. The Morgan fingerprint density at radius 2 is 1.55 bits per heavy atom. The highest BCUT2D eigenvalue weighted by Crippen LogP contribution is 2.45. The first kappa shape index (κ1) is 26.0. The summed E-state index contributed by atoms with van der Waals surface area (Å²) in [6, 6.07) is 30.6. The molecule has 0 saturated heterocycles. The highest BCUT2D eigenvalue weighted by molar-refractivity contribution is 7.90. The monoisotopic (exact) mass is 564 g/mol. The number of carbonyl (C=O) groups is 1. The lowest BCUT2D eigenvalue weighted by atomic mass is 9.84. The van der Waals surface area contributed by atoms with Gasteiger partial charge in [-0.1, -0.05) is 96.0 Å². The molecular weight excluding hydrogens is 540 g/mol. The molecule has 40 heavy (non-hydrogen) atoms. The Labute approximate surface area is 238 Å². The van der Waals surface area contributed by atoms with Crippen LogP contribution in [-0.4, -0.2) is 19.9 Å². The fourth-order valence-corrected chi connectivity index (χ4v) is 6.46. The van der Waals surface area contributed by atoms with Crippen LogP contribution in [0.5, 0.6) is 0 Å². The number of allylic oxidation sites excluding steroid dienone is 2. The molecule has 1 unspecified atom stereocenters. The van der Waals surface area contributed by atoms with E-state index in [2.05, 4.69) is 9.30 Å². The number of aryl methyl sites for hydroxylation is 1. The average Bonchev–Trinajstić information content (AvgIpc) is 2.97. The van der Waals surface area contributed by atoms with Crippen molar-refractivity contribution in [3.8, 4) is 0 Å². The standard InChI is InChI=1S/C33H25ClN2O3S/c1-22-12-16-27(17-13-22)40(38,39)35-28-21-31(23-8-4-2-5-9-23)36-29-19-15-26(34)20-25(29)14-18-30(36)32(28)33(37)24-10-6-3-7-11-24/h2-20,31H,21H2,1H3/b35-28+. The first-order chi connectivity index (χ1) is 19.3. The summed E-state index contributed by atoms with van der Waals surface area (Å²) in [5, 5.41) is 0.608. The Hall–Kier alpha value is -4.26. The van der Waals surface area contributed by atoms with E-state index in [0.29, 0.717) is 16.3 Å². The van der Waals surface area contributed by atoms with Gasteiger partial charge in [-0.15, -0.1) is 0 Å². The molecule has 2 heterocycles. The van der Waals surface area contributed by atoms with Gasteiger partial charge in [-0.25, -0.2) is 0 Å². The van der Waals surface area contributed by atoms with Crippen molar-refractivity contribution in [1.82, 2.24) is 0 Å². The predicted molar refractivity (Wildman–Crippen MR) is 160 cm³/mol. The van der Waals surface area contributed by atoms with E-state index < -0.39 is 10.0 Å². The molecule has 1 atom stereocenters. The molecule has 7 heteroatoms. The Morgan fingerprint density at radius 1 is 0.875 bits per heavy atom. The first-order valence-corrected chi connectivity index (χ1v) is 14.7. The molecule has 6 rings (SSSR count). The van der Waals surface area contributed by atoms with Crippen LogP contribution in [0.2, 0.25) is 5.02 Å². The highest BCUT2D eigenvalue weighted by Gasteiger charge is 2.39. The Balaban J connectivity index is 1.62. The second-order valence-electron chi connectivity index (χ2n) is 9.82. The summed E-state index contributed by atoms with van der Waals surface area (Å²) in [6.07, 6.45) is 3.98. The lowest BCUT2D eigenvalue weighted by molar-refractivity contribution is 0.103. The smallest absolute Gasteiger partial charge is 0.282 e. The number of benzene rings is 4. The van der Waals surface area contributed by atoms with Crippen LogP contribution in [0.1, 0.15) is 39.5 Å². The van der Waals surface area contributed by atoms with Crippen LogP contribution in [0, 0.1) is 6.92 Å². The minimum atomic E-state index is -4.09. The minimum absolute atomic E-state index is 0.0833. The molecule has 2 aliphatic heterocycles. The molecule has 0 radical (unpaired) electrons. The molecule has 0 amide bonds. The maximum Gasteiger partial charge on any atom is 0.282 e. The SMILES string of the molecule is Cc1ccc(S(=O)(=O)/N=C2\CC(c3ccccc3)N3C(=C2C(=O)c2ccccc2)C=Cc2cc(Cl)ccc23)cc1. The van der Waals surface area contributed by atoms with E-state index in [4.69, 9.17) is 11.6 Å². The number of carbonyl (C=O) groups excluding carboxylic acids is 1. The number of fused-ring (bicyclic) bond motifs is 3. The van der Waals surface area contributed by atoms with Gasteiger partial charge >= 0.3 is 0 Å². The van der Waals surface area contributed by atoms with Gasteiger partial charge in [0.15, 0.2) is 5.78 Å². The molecule has 0 saturated carbocycles. The number of anilines is 1. The molecule has 2 aliphatic rings. The maximum absolute atomic E-state index is 14.1. The third kappa shape index (κ3) is 4.81. The Bertz CT molecular complexity index is 1810.